The van der Waals surface area contributed by atoms with Gasteiger partial charge in [-0.15, -0.1) is 0 Å². The van der Waals surface area contributed by atoms with Gasteiger partial charge in [0.1, 0.15) is 24.0 Å². The zero-order valence-corrected chi connectivity index (χ0v) is 19.0. The predicted molar refractivity (Wildman–Crippen MR) is 128 cm³/mol. The lowest BCUT2D eigenvalue weighted by molar-refractivity contribution is -0.112. The van der Waals surface area contributed by atoms with E-state index >= 15 is 0 Å². The highest BCUT2D eigenvalue weighted by atomic mass is 35.5. The number of amides is 1. The summed E-state index contributed by atoms with van der Waals surface area (Å²) in [4.78, 5) is 12.5. The smallest absolute Gasteiger partial charge is 0.266 e. The Kier molecular flexibility index (Phi) is 7.96. The number of hydrogen-bond acceptors (Lipinski definition) is 5. The van der Waals surface area contributed by atoms with Gasteiger partial charge < -0.3 is 19.9 Å². The molecule has 0 aromatic heterocycles. The largest absolute Gasteiger partial charge is 0.508 e. The van der Waals surface area contributed by atoms with Crippen LogP contribution >= 0.6 is 11.6 Å². The van der Waals surface area contributed by atoms with Crippen molar-refractivity contribution in [3.8, 4) is 23.3 Å². The standard InChI is InChI=1S/C26H23ClN2O4/c1-3-32-24-14-19(12-20(15-28)26(31)29-21-7-9-22(30)10-8-21)13-23(27)25(24)33-16-18-6-4-5-17(2)11-18/h4-14,30H,3,16H2,1-2H3,(H,29,31)/b20-12+. The molecule has 168 valence electrons. The molecule has 0 spiro atoms. The molecule has 0 aliphatic carbocycles. The molecule has 0 radical (unpaired) electrons. The SMILES string of the molecule is CCOc1cc(/C=C(\C#N)C(=O)Nc2ccc(O)cc2)cc(Cl)c1OCc1cccc(C)c1. The normalized spacial score (nSPS) is 10.9. The van der Waals surface area contributed by atoms with E-state index in [1.807, 2.05) is 44.2 Å². The summed E-state index contributed by atoms with van der Waals surface area (Å²) in [5, 5.41) is 21.8. The van der Waals surface area contributed by atoms with Crippen LogP contribution in [0.25, 0.3) is 6.08 Å². The van der Waals surface area contributed by atoms with Crippen molar-refractivity contribution < 1.29 is 19.4 Å². The number of benzene rings is 3. The molecular formula is C26H23ClN2O4. The average Bonchev–Trinajstić information content (AvgIpc) is 2.78. The molecule has 3 aromatic rings. The molecule has 0 bridgehead atoms. The number of nitrogens with zero attached hydrogens (tertiary/aromatic N) is 1. The van der Waals surface area contributed by atoms with E-state index in [9.17, 15) is 15.2 Å². The van der Waals surface area contributed by atoms with Gasteiger partial charge in [0.15, 0.2) is 11.5 Å². The Balaban J connectivity index is 1.84. The van der Waals surface area contributed by atoms with E-state index < -0.39 is 5.91 Å². The summed E-state index contributed by atoms with van der Waals surface area (Å²) >= 11 is 6.48. The van der Waals surface area contributed by atoms with Crippen LogP contribution in [0.3, 0.4) is 0 Å². The molecule has 6 nitrogen and oxygen atoms in total. The Bertz CT molecular complexity index is 1210. The van der Waals surface area contributed by atoms with E-state index in [1.54, 1.807) is 12.1 Å². The highest BCUT2D eigenvalue weighted by molar-refractivity contribution is 6.32. The van der Waals surface area contributed by atoms with Crippen LogP contribution in [0, 0.1) is 18.3 Å². The predicted octanol–water partition coefficient (Wildman–Crippen LogP) is 5.88. The van der Waals surface area contributed by atoms with Crippen molar-refractivity contribution in [3.05, 3.63) is 87.9 Å². The lowest BCUT2D eigenvalue weighted by Gasteiger charge is -2.15. The number of carbonyl (C=O) groups is 1. The summed E-state index contributed by atoms with van der Waals surface area (Å²) < 4.78 is 11.6. The summed E-state index contributed by atoms with van der Waals surface area (Å²) in [7, 11) is 0. The van der Waals surface area contributed by atoms with E-state index in [4.69, 9.17) is 21.1 Å². The highest BCUT2D eigenvalue weighted by Gasteiger charge is 2.15. The number of aromatic hydroxyl groups is 1. The van der Waals surface area contributed by atoms with Crippen LogP contribution in [0.15, 0.2) is 66.2 Å². The number of aryl methyl sites for hydroxylation is 1. The maximum absolute atomic E-state index is 12.5. The summed E-state index contributed by atoms with van der Waals surface area (Å²) in [6.45, 7) is 4.55. The summed E-state index contributed by atoms with van der Waals surface area (Å²) in [5.74, 6) is 0.299. The molecule has 3 rings (SSSR count). The number of ether oxygens (including phenoxy) is 2. The van der Waals surface area contributed by atoms with E-state index in [0.29, 0.717) is 41.0 Å². The molecule has 0 saturated heterocycles. The molecule has 0 heterocycles. The van der Waals surface area contributed by atoms with Crippen molar-refractivity contribution in [2.24, 2.45) is 0 Å². The van der Waals surface area contributed by atoms with Gasteiger partial charge in [0, 0.05) is 5.69 Å². The maximum Gasteiger partial charge on any atom is 0.266 e. The van der Waals surface area contributed by atoms with E-state index in [-0.39, 0.29) is 11.3 Å². The molecule has 0 aliphatic rings. The van der Waals surface area contributed by atoms with Gasteiger partial charge in [-0.2, -0.15) is 5.26 Å². The lowest BCUT2D eigenvalue weighted by Crippen LogP contribution is -2.13. The first kappa shape index (κ1) is 23.7. The van der Waals surface area contributed by atoms with Crippen molar-refractivity contribution in [2.75, 3.05) is 11.9 Å². The van der Waals surface area contributed by atoms with Gasteiger partial charge in [-0.05, 0) is 67.4 Å². The quantitative estimate of drug-likeness (QED) is 0.248. The second-order valence-corrected chi connectivity index (χ2v) is 7.62. The minimum atomic E-state index is -0.586. The lowest BCUT2D eigenvalue weighted by atomic mass is 10.1. The number of nitriles is 1. The Labute approximate surface area is 197 Å². The van der Waals surface area contributed by atoms with Crippen LogP contribution in [-0.2, 0) is 11.4 Å². The van der Waals surface area contributed by atoms with Crippen LogP contribution < -0.4 is 14.8 Å². The molecule has 0 atom stereocenters. The van der Waals surface area contributed by atoms with Crippen LogP contribution in [-0.4, -0.2) is 17.6 Å². The number of phenolic OH excluding ortho intramolecular Hbond substituents is 1. The number of rotatable bonds is 8. The number of carbonyl (C=O) groups excluding carboxylic acids is 1. The summed E-state index contributed by atoms with van der Waals surface area (Å²) in [5.41, 5.74) is 2.98. The number of phenols is 1. The molecule has 2 N–H and O–H groups in total. The molecular weight excluding hydrogens is 440 g/mol. The van der Waals surface area contributed by atoms with E-state index in [1.165, 1.54) is 30.3 Å². The number of nitrogens with one attached hydrogen (secondary N) is 1. The fourth-order valence-corrected chi connectivity index (χ4v) is 3.36. The molecule has 0 unspecified atom stereocenters. The molecule has 1 amide bonds. The van der Waals surface area contributed by atoms with Gasteiger partial charge in [-0.25, -0.2) is 0 Å². The Hall–Kier alpha value is -3.95. The first-order chi connectivity index (χ1) is 15.9. The second-order valence-electron chi connectivity index (χ2n) is 7.21. The molecule has 0 saturated carbocycles. The van der Waals surface area contributed by atoms with Crippen molar-refractivity contribution in [3.63, 3.8) is 0 Å². The van der Waals surface area contributed by atoms with Crippen molar-refractivity contribution in [1.82, 2.24) is 0 Å². The maximum atomic E-state index is 12.5. The first-order valence-corrected chi connectivity index (χ1v) is 10.6. The molecule has 0 fully saturated rings. The summed E-state index contributed by atoms with van der Waals surface area (Å²) in [6.07, 6.45) is 1.43. The van der Waals surface area contributed by atoms with Crippen LogP contribution in [0.2, 0.25) is 5.02 Å². The third-order valence-corrected chi connectivity index (χ3v) is 4.88. The van der Waals surface area contributed by atoms with Crippen molar-refractivity contribution in [2.45, 2.75) is 20.5 Å². The average molecular weight is 463 g/mol. The van der Waals surface area contributed by atoms with Crippen LogP contribution in [0.4, 0.5) is 5.69 Å². The fraction of sp³-hybridized carbons (Fsp3) is 0.154. The van der Waals surface area contributed by atoms with Gasteiger partial charge >= 0.3 is 0 Å². The summed E-state index contributed by atoms with van der Waals surface area (Å²) in [6, 6.07) is 19.1. The van der Waals surface area contributed by atoms with Crippen molar-refractivity contribution >= 4 is 29.3 Å². The highest BCUT2D eigenvalue weighted by Crippen LogP contribution is 2.38. The molecule has 0 aliphatic heterocycles. The third kappa shape index (κ3) is 6.52. The van der Waals surface area contributed by atoms with Gasteiger partial charge in [-0.1, -0.05) is 41.4 Å². The van der Waals surface area contributed by atoms with Crippen LogP contribution in [0.1, 0.15) is 23.6 Å². The number of anilines is 1. The van der Waals surface area contributed by atoms with Gasteiger partial charge in [0.25, 0.3) is 5.91 Å². The van der Waals surface area contributed by atoms with Gasteiger partial charge in [0.05, 0.1) is 11.6 Å². The monoisotopic (exact) mass is 462 g/mol. The fourth-order valence-electron chi connectivity index (χ4n) is 3.09. The minimum Gasteiger partial charge on any atom is -0.508 e. The van der Waals surface area contributed by atoms with E-state index in [0.717, 1.165) is 11.1 Å². The second kappa shape index (κ2) is 11.1. The zero-order chi connectivity index (χ0) is 23.8. The number of hydrogen-bond donors (Lipinski definition) is 2. The topological polar surface area (TPSA) is 91.6 Å². The van der Waals surface area contributed by atoms with Crippen molar-refractivity contribution in [1.29, 1.82) is 5.26 Å². The first-order valence-electron chi connectivity index (χ1n) is 10.3. The zero-order valence-electron chi connectivity index (χ0n) is 18.3. The Morgan fingerprint density at radius 3 is 2.58 bits per heavy atom. The Morgan fingerprint density at radius 1 is 1.15 bits per heavy atom. The molecule has 3 aromatic carbocycles. The molecule has 33 heavy (non-hydrogen) atoms. The molecule has 7 heteroatoms. The van der Waals surface area contributed by atoms with E-state index in [2.05, 4.69) is 5.32 Å². The van der Waals surface area contributed by atoms with Gasteiger partial charge in [0.2, 0.25) is 0 Å². The Morgan fingerprint density at radius 2 is 1.91 bits per heavy atom. The van der Waals surface area contributed by atoms with Crippen LogP contribution in [0.5, 0.6) is 17.2 Å². The number of halogens is 1. The third-order valence-electron chi connectivity index (χ3n) is 4.60. The minimum absolute atomic E-state index is 0.0758. The van der Waals surface area contributed by atoms with Gasteiger partial charge in [-0.3, -0.25) is 4.79 Å².